The average Bonchev–Trinajstić information content (AvgIpc) is 3.01. The highest BCUT2D eigenvalue weighted by Gasteiger charge is 2.11. The molecule has 2 aromatic heterocycles. The molecule has 0 atom stereocenters. The number of fused-ring (bicyclic) bond motifs is 2. The van der Waals surface area contributed by atoms with Gasteiger partial charge >= 0.3 is 0 Å². The SMILES string of the molecule is Cc1c2ccccc2nn1CCCNc1c(C#N)cnc2c(Cl)cccc12. The highest BCUT2D eigenvalue weighted by atomic mass is 35.5. The fraction of sp³-hybridized carbons (Fsp3) is 0.190. The number of anilines is 1. The summed E-state index contributed by atoms with van der Waals surface area (Å²) in [5.74, 6) is 0. The molecule has 0 unspecified atom stereocenters. The zero-order chi connectivity index (χ0) is 18.8. The van der Waals surface area contributed by atoms with Gasteiger partial charge in [-0.1, -0.05) is 41.9 Å². The largest absolute Gasteiger partial charge is 0.383 e. The van der Waals surface area contributed by atoms with Crippen LogP contribution in [0.2, 0.25) is 5.02 Å². The number of aryl methyl sites for hydroxylation is 2. The van der Waals surface area contributed by atoms with E-state index in [2.05, 4.69) is 34.5 Å². The number of hydrogen-bond donors (Lipinski definition) is 1. The second-order valence-electron chi connectivity index (χ2n) is 6.40. The molecule has 134 valence electrons. The minimum Gasteiger partial charge on any atom is -0.383 e. The Morgan fingerprint density at radius 3 is 2.78 bits per heavy atom. The Balaban J connectivity index is 1.51. The van der Waals surface area contributed by atoms with Crippen LogP contribution in [0.1, 0.15) is 17.7 Å². The van der Waals surface area contributed by atoms with Crippen molar-refractivity contribution in [1.82, 2.24) is 14.8 Å². The van der Waals surface area contributed by atoms with Gasteiger partial charge in [-0.25, -0.2) is 0 Å². The molecule has 0 saturated heterocycles. The minimum absolute atomic E-state index is 0.519. The van der Waals surface area contributed by atoms with Gasteiger partial charge in [-0.2, -0.15) is 10.4 Å². The van der Waals surface area contributed by atoms with E-state index < -0.39 is 0 Å². The zero-order valence-corrected chi connectivity index (χ0v) is 15.7. The number of nitrogens with zero attached hydrogens (tertiary/aromatic N) is 4. The van der Waals surface area contributed by atoms with Gasteiger partial charge in [-0.15, -0.1) is 0 Å². The molecule has 6 heteroatoms. The van der Waals surface area contributed by atoms with E-state index in [-0.39, 0.29) is 0 Å². The van der Waals surface area contributed by atoms with Crippen molar-refractivity contribution in [1.29, 1.82) is 5.26 Å². The maximum absolute atomic E-state index is 9.42. The summed E-state index contributed by atoms with van der Waals surface area (Å²) >= 11 is 6.24. The van der Waals surface area contributed by atoms with Crippen molar-refractivity contribution < 1.29 is 0 Å². The number of halogens is 1. The van der Waals surface area contributed by atoms with Crippen molar-refractivity contribution in [2.24, 2.45) is 0 Å². The molecule has 0 aliphatic carbocycles. The number of aromatic nitrogens is 3. The molecule has 0 aliphatic rings. The van der Waals surface area contributed by atoms with Crippen LogP contribution in [0.5, 0.6) is 0 Å². The van der Waals surface area contributed by atoms with Gasteiger partial charge in [0.05, 0.1) is 27.3 Å². The molecule has 0 saturated carbocycles. The van der Waals surface area contributed by atoms with Crippen molar-refractivity contribution in [3.8, 4) is 6.07 Å². The van der Waals surface area contributed by atoms with Gasteiger partial charge < -0.3 is 5.32 Å². The third-order valence-corrected chi connectivity index (χ3v) is 5.03. The Morgan fingerprint density at radius 2 is 1.96 bits per heavy atom. The lowest BCUT2D eigenvalue weighted by molar-refractivity contribution is 0.583. The van der Waals surface area contributed by atoms with Gasteiger partial charge in [0.2, 0.25) is 0 Å². The van der Waals surface area contributed by atoms with Crippen LogP contribution in [-0.2, 0) is 6.54 Å². The van der Waals surface area contributed by atoms with E-state index in [4.69, 9.17) is 11.6 Å². The lowest BCUT2D eigenvalue weighted by Gasteiger charge is -2.12. The minimum atomic E-state index is 0.519. The average molecular weight is 376 g/mol. The molecular weight excluding hydrogens is 358 g/mol. The fourth-order valence-corrected chi connectivity index (χ4v) is 3.56. The molecule has 0 aliphatic heterocycles. The first kappa shape index (κ1) is 17.3. The number of pyridine rings is 1. The number of nitriles is 1. The molecule has 0 amide bonds. The summed E-state index contributed by atoms with van der Waals surface area (Å²) in [6.45, 7) is 3.62. The lowest BCUT2D eigenvalue weighted by Crippen LogP contribution is -2.10. The first-order valence-electron chi connectivity index (χ1n) is 8.82. The smallest absolute Gasteiger partial charge is 0.103 e. The number of rotatable bonds is 5. The number of hydrogen-bond acceptors (Lipinski definition) is 4. The van der Waals surface area contributed by atoms with Crippen LogP contribution in [-0.4, -0.2) is 21.3 Å². The molecule has 27 heavy (non-hydrogen) atoms. The van der Waals surface area contributed by atoms with E-state index in [1.807, 2.05) is 35.0 Å². The van der Waals surface area contributed by atoms with Gasteiger partial charge in [0.15, 0.2) is 0 Å². The number of para-hydroxylation sites is 1. The van der Waals surface area contributed by atoms with Crippen molar-refractivity contribution >= 4 is 39.1 Å². The lowest BCUT2D eigenvalue weighted by atomic mass is 10.1. The van der Waals surface area contributed by atoms with Gasteiger partial charge in [-0.3, -0.25) is 9.67 Å². The summed E-state index contributed by atoms with van der Waals surface area (Å²) < 4.78 is 2.04. The van der Waals surface area contributed by atoms with Crippen LogP contribution in [0, 0.1) is 18.3 Å². The summed E-state index contributed by atoms with van der Waals surface area (Å²) in [7, 11) is 0. The fourth-order valence-electron chi connectivity index (χ4n) is 3.33. The molecule has 5 nitrogen and oxygen atoms in total. The summed E-state index contributed by atoms with van der Waals surface area (Å²) in [5.41, 5.74) is 4.20. The van der Waals surface area contributed by atoms with Crippen molar-refractivity contribution in [2.75, 3.05) is 11.9 Å². The zero-order valence-electron chi connectivity index (χ0n) is 14.9. The molecule has 4 aromatic rings. The van der Waals surface area contributed by atoms with E-state index in [1.54, 1.807) is 12.3 Å². The Bertz CT molecular complexity index is 1170. The van der Waals surface area contributed by atoms with Crippen molar-refractivity contribution in [3.05, 3.63) is 64.9 Å². The first-order valence-corrected chi connectivity index (χ1v) is 9.20. The van der Waals surface area contributed by atoms with Gasteiger partial charge in [-0.05, 0) is 25.5 Å². The first-order chi connectivity index (χ1) is 13.2. The Hall–Kier alpha value is -3.10. The van der Waals surface area contributed by atoms with Crippen LogP contribution in [0.15, 0.2) is 48.7 Å². The van der Waals surface area contributed by atoms with E-state index >= 15 is 0 Å². The standard InChI is InChI=1S/C21H18ClN5/c1-14-16-6-2-3-9-19(16)26-27(14)11-5-10-24-20-15(12-23)13-25-21-17(20)7-4-8-18(21)22/h2-4,6-9,13H,5,10-11H2,1H3,(H,24,25). The molecule has 0 fully saturated rings. The van der Waals surface area contributed by atoms with Gasteiger partial charge in [0.1, 0.15) is 6.07 Å². The van der Waals surface area contributed by atoms with E-state index in [1.165, 1.54) is 11.1 Å². The third kappa shape index (κ3) is 3.20. The second-order valence-corrected chi connectivity index (χ2v) is 6.81. The Kier molecular flexibility index (Phi) is 4.66. The van der Waals surface area contributed by atoms with Crippen LogP contribution in [0.3, 0.4) is 0 Å². The molecule has 0 radical (unpaired) electrons. The van der Waals surface area contributed by atoms with E-state index in [0.29, 0.717) is 16.1 Å². The topological polar surface area (TPSA) is 66.5 Å². The molecule has 0 spiro atoms. The van der Waals surface area contributed by atoms with E-state index in [9.17, 15) is 5.26 Å². The van der Waals surface area contributed by atoms with Crippen molar-refractivity contribution in [2.45, 2.75) is 19.9 Å². The van der Waals surface area contributed by atoms with E-state index in [0.717, 1.165) is 36.1 Å². The molecule has 4 rings (SSSR count). The quantitative estimate of drug-likeness (QED) is 0.503. The summed E-state index contributed by atoms with van der Waals surface area (Å²) in [6.07, 6.45) is 2.45. The Morgan fingerprint density at radius 1 is 1.15 bits per heavy atom. The maximum Gasteiger partial charge on any atom is 0.103 e. The number of nitrogens with one attached hydrogen (secondary N) is 1. The monoisotopic (exact) mass is 375 g/mol. The molecule has 2 heterocycles. The van der Waals surface area contributed by atoms with Crippen LogP contribution in [0.4, 0.5) is 5.69 Å². The maximum atomic E-state index is 9.42. The van der Waals surface area contributed by atoms with Crippen molar-refractivity contribution in [3.63, 3.8) is 0 Å². The molecule has 1 N–H and O–H groups in total. The summed E-state index contributed by atoms with van der Waals surface area (Å²) in [5, 5.41) is 20.1. The summed E-state index contributed by atoms with van der Waals surface area (Å²) in [6, 6.07) is 16.0. The highest BCUT2D eigenvalue weighted by Crippen LogP contribution is 2.29. The van der Waals surface area contributed by atoms with Crippen LogP contribution in [0.25, 0.3) is 21.8 Å². The van der Waals surface area contributed by atoms with Gasteiger partial charge in [0.25, 0.3) is 0 Å². The number of benzene rings is 2. The normalized spacial score (nSPS) is 11.0. The molecule has 2 aromatic carbocycles. The Labute approximate surface area is 162 Å². The van der Waals surface area contributed by atoms with Crippen LogP contribution < -0.4 is 5.32 Å². The summed E-state index contributed by atoms with van der Waals surface area (Å²) in [4.78, 5) is 4.32. The van der Waals surface area contributed by atoms with Gasteiger partial charge in [0, 0.05) is 35.8 Å². The highest BCUT2D eigenvalue weighted by molar-refractivity contribution is 6.35. The third-order valence-electron chi connectivity index (χ3n) is 4.73. The molecular formula is C21H18ClN5. The predicted molar refractivity (Wildman–Crippen MR) is 109 cm³/mol. The molecule has 0 bridgehead atoms. The predicted octanol–water partition coefficient (Wildman–Crippen LogP) is 4.92. The second kappa shape index (κ2) is 7.26. The van der Waals surface area contributed by atoms with Crippen LogP contribution >= 0.6 is 11.6 Å².